The van der Waals surface area contributed by atoms with E-state index < -0.39 is 0 Å². The van der Waals surface area contributed by atoms with Crippen LogP contribution in [0.4, 0.5) is 5.69 Å². The lowest BCUT2D eigenvalue weighted by molar-refractivity contribution is 0.297. The molecule has 0 spiro atoms. The van der Waals surface area contributed by atoms with Gasteiger partial charge in [0.1, 0.15) is 12.4 Å². The molecule has 0 aliphatic rings. The molecule has 0 aliphatic carbocycles. The van der Waals surface area contributed by atoms with Crippen molar-refractivity contribution in [1.29, 1.82) is 0 Å². The van der Waals surface area contributed by atoms with Crippen LogP contribution in [0.5, 0.6) is 5.75 Å². The van der Waals surface area contributed by atoms with E-state index in [0.717, 1.165) is 28.3 Å². The second-order valence-electron chi connectivity index (χ2n) is 5.01. The highest BCUT2D eigenvalue weighted by molar-refractivity contribution is 5.55. The zero-order valence-corrected chi connectivity index (χ0v) is 11.7. The van der Waals surface area contributed by atoms with Gasteiger partial charge in [-0.2, -0.15) is 0 Å². The largest absolute Gasteiger partial charge is 0.487 e. The standard InChI is InChI=1S/C16H20N2O/c1-11(2)14-9-15(17)12(3)8-16(14)19-10-13-6-4-5-7-18-13/h4-9,11H,10,17H2,1-3H3. The van der Waals surface area contributed by atoms with Gasteiger partial charge in [0, 0.05) is 11.9 Å². The Bertz CT molecular complexity index is 550. The molecule has 0 aliphatic heterocycles. The Hall–Kier alpha value is -2.03. The van der Waals surface area contributed by atoms with Crippen LogP contribution in [0.25, 0.3) is 0 Å². The zero-order chi connectivity index (χ0) is 13.8. The molecular weight excluding hydrogens is 236 g/mol. The van der Waals surface area contributed by atoms with Crippen LogP contribution in [0.3, 0.4) is 0 Å². The van der Waals surface area contributed by atoms with Gasteiger partial charge in [-0.3, -0.25) is 4.98 Å². The van der Waals surface area contributed by atoms with Crippen LogP contribution >= 0.6 is 0 Å². The predicted molar refractivity (Wildman–Crippen MR) is 78.2 cm³/mol. The van der Waals surface area contributed by atoms with E-state index >= 15 is 0 Å². The van der Waals surface area contributed by atoms with E-state index in [1.165, 1.54) is 0 Å². The number of rotatable bonds is 4. The Morgan fingerprint density at radius 3 is 2.68 bits per heavy atom. The third-order valence-electron chi connectivity index (χ3n) is 3.12. The second kappa shape index (κ2) is 5.74. The Morgan fingerprint density at radius 2 is 2.05 bits per heavy atom. The summed E-state index contributed by atoms with van der Waals surface area (Å²) in [5.74, 6) is 1.27. The smallest absolute Gasteiger partial charge is 0.130 e. The van der Waals surface area contributed by atoms with Crippen LogP contribution in [0.15, 0.2) is 36.5 Å². The summed E-state index contributed by atoms with van der Waals surface area (Å²) in [4.78, 5) is 4.26. The average molecular weight is 256 g/mol. The molecule has 0 amide bonds. The van der Waals surface area contributed by atoms with Crippen molar-refractivity contribution in [3.63, 3.8) is 0 Å². The summed E-state index contributed by atoms with van der Waals surface area (Å²) in [5.41, 5.74) is 9.88. The molecule has 1 aromatic heterocycles. The van der Waals surface area contributed by atoms with Gasteiger partial charge in [-0.05, 0) is 48.2 Å². The zero-order valence-electron chi connectivity index (χ0n) is 11.7. The Labute approximate surface area is 114 Å². The number of nitrogen functional groups attached to an aromatic ring is 1. The van der Waals surface area contributed by atoms with E-state index in [2.05, 4.69) is 18.8 Å². The molecule has 1 heterocycles. The van der Waals surface area contributed by atoms with E-state index in [1.807, 2.05) is 37.3 Å². The number of hydrogen-bond donors (Lipinski definition) is 1. The maximum atomic E-state index is 5.97. The number of pyridine rings is 1. The van der Waals surface area contributed by atoms with Crippen LogP contribution < -0.4 is 10.5 Å². The Kier molecular flexibility index (Phi) is 4.05. The maximum Gasteiger partial charge on any atom is 0.130 e. The van der Waals surface area contributed by atoms with Crippen molar-refractivity contribution in [2.45, 2.75) is 33.3 Å². The number of hydrogen-bond acceptors (Lipinski definition) is 3. The first-order valence-electron chi connectivity index (χ1n) is 6.50. The molecule has 0 radical (unpaired) electrons. The van der Waals surface area contributed by atoms with E-state index in [-0.39, 0.29) is 0 Å². The molecule has 3 nitrogen and oxygen atoms in total. The number of benzene rings is 1. The van der Waals surface area contributed by atoms with E-state index in [4.69, 9.17) is 10.5 Å². The predicted octanol–water partition coefficient (Wildman–Crippen LogP) is 3.67. The van der Waals surface area contributed by atoms with Crippen molar-refractivity contribution in [1.82, 2.24) is 4.98 Å². The molecule has 100 valence electrons. The molecule has 2 aromatic rings. The third kappa shape index (κ3) is 3.25. The first-order valence-corrected chi connectivity index (χ1v) is 6.50. The third-order valence-corrected chi connectivity index (χ3v) is 3.12. The summed E-state index contributed by atoms with van der Waals surface area (Å²) in [6, 6.07) is 9.83. The van der Waals surface area contributed by atoms with Crippen LogP contribution in [0.1, 0.15) is 36.6 Å². The minimum Gasteiger partial charge on any atom is -0.487 e. The highest BCUT2D eigenvalue weighted by Crippen LogP contribution is 2.31. The summed E-state index contributed by atoms with van der Waals surface area (Å²) in [7, 11) is 0. The summed E-state index contributed by atoms with van der Waals surface area (Å²) in [6.07, 6.45) is 1.77. The van der Waals surface area contributed by atoms with Crippen molar-refractivity contribution in [2.75, 3.05) is 5.73 Å². The van der Waals surface area contributed by atoms with Crippen LogP contribution in [0.2, 0.25) is 0 Å². The van der Waals surface area contributed by atoms with Crippen molar-refractivity contribution in [3.8, 4) is 5.75 Å². The minimum atomic E-state index is 0.377. The number of aryl methyl sites for hydroxylation is 1. The minimum absolute atomic E-state index is 0.377. The SMILES string of the molecule is Cc1cc(OCc2ccccn2)c(C(C)C)cc1N. The van der Waals surface area contributed by atoms with Gasteiger partial charge < -0.3 is 10.5 Å². The van der Waals surface area contributed by atoms with Crippen LogP contribution in [-0.4, -0.2) is 4.98 Å². The van der Waals surface area contributed by atoms with Crippen molar-refractivity contribution >= 4 is 5.69 Å². The van der Waals surface area contributed by atoms with E-state index in [1.54, 1.807) is 6.20 Å². The molecule has 2 rings (SSSR count). The number of nitrogens with two attached hydrogens (primary N) is 1. The first-order chi connectivity index (χ1) is 9.08. The van der Waals surface area contributed by atoms with Crippen LogP contribution in [0, 0.1) is 6.92 Å². The molecule has 0 unspecified atom stereocenters. The topological polar surface area (TPSA) is 48.1 Å². The first kappa shape index (κ1) is 13.4. The van der Waals surface area contributed by atoms with Crippen molar-refractivity contribution in [3.05, 3.63) is 53.3 Å². The molecule has 0 fully saturated rings. The van der Waals surface area contributed by atoms with E-state index in [0.29, 0.717) is 12.5 Å². The van der Waals surface area contributed by atoms with Gasteiger partial charge in [0.05, 0.1) is 5.69 Å². The fourth-order valence-corrected chi connectivity index (χ4v) is 1.93. The van der Waals surface area contributed by atoms with Gasteiger partial charge in [-0.25, -0.2) is 0 Å². The summed E-state index contributed by atoms with van der Waals surface area (Å²) in [5, 5.41) is 0. The average Bonchev–Trinajstić information content (AvgIpc) is 2.40. The number of aromatic nitrogens is 1. The lowest BCUT2D eigenvalue weighted by Crippen LogP contribution is -2.03. The monoisotopic (exact) mass is 256 g/mol. The van der Waals surface area contributed by atoms with Crippen LogP contribution in [-0.2, 0) is 6.61 Å². The van der Waals surface area contributed by atoms with Gasteiger partial charge in [0.15, 0.2) is 0 Å². The summed E-state index contributed by atoms with van der Waals surface area (Å²) < 4.78 is 5.90. The quantitative estimate of drug-likeness (QED) is 0.849. The molecule has 0 saturated carbocycles. The number of ether oxygens (including phenoxy) is 1. The highest BCUT2D eigenvalue weighted by Gasteiger charge is 2.11. The number of nitrogens with zero attached hydrogens (tertiary/aromatic N) is 1. The molecule has 3 heteroatoms. The summed E-state index contributed by atoms with van der Waals surface area (Å²) in [6.45, 7) is 6.74. The lowest BCUT2D eigenvalue weighted by atomic mass is 9.99. The Balaban J connectivity index is 2.22. The van der Waals surface area contributed by atoms with Crippen molar-refractivity contribution < 1.29 is 4.74 Å². The Morgan fingerprint density at radius 1 is 1.26 bits per heavy atom. The van der Waals surface area contributed by atoms with Gasteiger partial charge in [0.25, 0.3) is 0 Å². The molecule has 0 atom stereocenters. The molecule has 0 saturated heterocycles. The maximum absolute atomic E-state index is 5.97. The molecule has 1 aromatic carbocycles. The fraction of sp³-hybridized carbons (Fsp3) is 0.312. The van der Waals surface area contributed by atoms with Crippen molar-refractivity contribution in [2.24, 2.45) is 0 Å². The molecule has 2 N–H and O–H groups in total. The molecule has 19 heavy (non-hydrogen) atoms. The van der Waals surface area contributed by atoms with E-state index in [9.17, 15) is 0 Å². The van der Waals surface area contributed by atoms with Gasteiger partial charge in [-0.1, -0.05) is 19.9 Å². The summed E-state index contributed by atoms with van der Waals surface area (Å²) >= 11 is 0. The normalized spacial score (nSPS) is 10.7. The van der Waals surface area contributed by atoms with Gasteiger partial charge in [0.2, 0.25) is 0 Å². The lowest BCUT2D eigenvalue weighted by Gasteiger charge is -2.16. The fourth-order valence-electron chi connectivity index (χ4n) is 1.93. The second-order valence-corrected chi connectivity index (χ2v) is 5.01. The number of anilines is 1. The molecule has 0 bridgehead atoms. The van der Waals surface area contributed by atoms with Gasteiger partial charge >= 0.3 is 0 Å². The molecular formula is C16H20N2O. The van der Waals surface area contributed by atoms with Gasteiger partial charge in [-0.15, -0.1) is 0 Å². The highest BCUT2D eigenvalue weighted by atomic mass is 16.5.